The van der Waals surface area contributed by atoms with Crippen LogP contribution in [0.2, 0.25) is 0 Å². The molecule has 2 aromatic rings. The summed E-state index contributed by atoms with van der Waals surface area (Å²) >= 11 is 0. The van der Waals surface area contributed by atoms with Crippen LogP contribution >= 0.6 is 0 Å². The fraction of sp³-hybridized carbons (Fsp3) is 0.368. The molecule has 1 atom stereocenters. The second kappa shape index (κ2) is 6.84. The lowest BCUT2D eigenvalue weighted by atomic mass is 9.94. The van der Waals surface area contributed by atoms with E-state index < -0.39 is 0 Å². The van der Waals surface area contributed by atoms with Gasteiger partial charge in [-0.1, -0.05) is 36.8 Å². The van der Waals surface area contributed by atoms with Gasteiger partial charge >= 0.3 is 0 Å². The SMILES string of the molecule is COc1cccc(C(c2ccccc2O)N2CCCCC2)c1. The third-order valence-electron chi connectivity index (χ3n) is 4.40. The Morgan fingerprint density at radius 2 is 1.77 bits per heavy atom. The van der Waals surface area contributed by atoms with Crippen molar-refractivity contribution in [1.29, 1.82) is 0 Å². The van der Waals surface area contributed by atoms with Crippen LogP contribution in [0.1, 0.15) is 36.4 Å². The van der Waals surface area contributed by atoms with Gasteiger partial charge in [0.15, 0.2) is 0 Å². The van der Waals surface area contributed by atoms with E-state index in [2.05, 4.69) is 17.0 Å². The number of hydrogen-bond acceptors (Lipinski definition) is 3. The van der Waals surface area contributed by atoms with Crippen molar-refractivity contribution >= 4 is 0 Å². The summed E-state index contributed by atoms with van der Waals surface area (Å²) in [4.78, 5) is 2.47. The zero-order valence-corrected chi connectivity index (χ0v) is 13.0. The lowest BCUT2D eigenvalue weighted by Crippen LogP contribution is -2.34. The number of benzene rings is 2. The van der Waals surface area contributed by atoms with Crippen LogP contribution in [0.3, 0.4) is 0 Å². The van der Waals surface area contributed by atoms with Gasteiger partial charge in [0.2, 0.25) is 0 Å². The average molecular weight is 297 g/mol. The minimum atomic E-state index is 0.0802. The molecule has 116 valence electrons. The molecule has 0 bridgehead atoms. The molecule has 0 radical (unpaired) electrons. The number of methoxy groups -OCH3 is 1. The first-order valence-electron chi connectivity index (χ1n) is 7.95. The predicted molar refractivity (Wildman–Crippen MR) is 88.4 cm³/mol. The van der Waals surface area contributed by atoms with Crippen molar-refractivity contribution in [3.63, 3.8) is 0 Å². The van der Waals surface area contributed by atoms with E-state index in [0.29, 0.717) is 5.75 Å². The Morgan fingerprint density at radius 3 is 2.50 bits per heavy atom. The number of nitrogens with zero attached hydrogens (tertiary/aromatic N) is 1. The van der Waals surface area contributed by atoms with Gasteiger partial charge in [0.05, 0.1) is 13.2 Å². The quantitative estimate of drug-likeness (QED) is 0.926. The van der Waals surface area contributed by atoms with Gasteiger partial charge in [-0.15, -0.1) is 0 Å². The molecule has 0 aromatic heterocycles. The Kier molecular flexibility index (Phi) is 4.64. The predicted octanol–water partition coefficient (Wildman–Crippen LogP) is 3.98. The maximum Gasteiger partial charge on any atom is 0.120 e. The monoisotopic (exact) mass is 297 g/mol. The molecule has 1 N–H and O–H groups in total. The zero-order chi connectivity index (χ0) is 15.4. The number of phenolic OH excluding ortho intramolecular Hbond substituents is 1. The van der Waals surface area contributed by atoms with E-state index >= 15 is 0 Å². The minimum Gasteiger partial charge on any atom is -0.508 e. The molecule has 1 unspecified atom stereocenters. The Labute approximate surface area is 132 Å². The number of aromatic hydroxyl groups is 1. The van der Waals surface area contributed by atoms with E-state index in [1.165, 1.54) is 24.8 Å². The molecule has 0 amide bonds. The van der Waals surface area contributed by atoms with E-state index in [4.69, 9.17) is 4.74 Å². The van der Waals surface area contributed by atoms with Crippen LogP contribution in [0.5, 0.6) is 11.5 Å². The van der Waals surface area contributed by atoms with Gasteiger partial charge in [-0.05, 0) is 49.7 Å². The highest BCUT2D eigenvalue weighted by Gasteiger charge is 2.26. The third kappa shape index (κ3) is 3.09. The Balaban J connectivity index is 2.03. The second-order valence-corrected chi connectivity index (χ2v) is 5.83. The number of phenols is 1. The molecular weight excluding hydrogens is 274 g/mol. The molecule has 3 rings (SSSR count). The topological polar surface area (TPSA) is 32.7 Å². The van der Waals surface area contributed by atoms with Crippen LogP contribution in [0.25, 0.3) is 0 Å². The minimum absolute atomic E-state index is 0.0802. The van der Waals surface area contributed by atoms with Gasteiger partial charge in [-0.25, -0.2) is 0 Å². The first-order valence-corrected chi connectivity index (χ1v) is 7.95. The summed E-state index contributed by atoms with van der Waals surface area (Å²) in [5.74, 6) is 1.22. The molecule has 3 nitrogen and oxygen atoms in total. The zero-order valence-electron chi connectivity index (χ0n) is 13.0. The smallest absolute Gasteiger partial charge is 0.120 e. The largest absolute Gasteiger partial charge is 0.508 e. The molecule has 1 heterocycles. The molecular formula is C19H23NO2. The summed E-state index contributed by atoms with van der Waals surface area (Å²) < 4.78 is 5.38. The maximum atomic E-state index is 10.3. The summed E-state index contributed by atoms with van der Waals surface area (Å²) in [5.41, 5.74) is 2.14. The summed E-state index contributed by atoms with van der Waals surface area (Å²) in [6, 6.07) is 15.9. The van der Waals surface area contributed by atoms with E-state index in [1.54, 1.807) is 13.2 Å². The number of likely N-dealkylation sites (tertiary alicyclic amines) is 1. The summed E-state index contributed by atoms with van der Waals surface area (Å²) in [6.45, 7) is 2.13. The summed E-state index contributed by atoms with van der Waals surface area (Å²) in [5, 5.41) is 10.3. The van der Waals surface area contributed by atoms with E-state index in [1.807, 2.05) is 30.3 Å². The molecule has 22 heavy (non-hydrogen) atoms. The van der Waals surface area contributed by atoms with Crippen LogP contribution in [0.4, 0.5) is 0 Å². The Bertz CT molecular complexity index is 620. The summed E-state index contributed by atoms with van der Waals surface area (Å²) in [7, 11) is 1.69. The molecule has 0 aliphatic carbocycles. The van der Waals surface area contributed by atoms with Crippen molar-refractivity contribution in [3.05, 3.63) is 59.7 Å². The average Bonchev–Trinajstić information content (AvgIpc) is 2.58. The molecule has 1 saturated heterocycles. The van der Waals surface area contributed by atoms with Crippen molar-refractivity contribution in [3.8, 4) is 11.5 Å². The van der Waals surface area contributed by atoms with Crippen molar-refractivity contribution in [2.75, 3.05) is 20.2 Å². The number of hydrogen-bond donors (Lipinski definition) is 1. The van der Waals surface area contributed by atoms with E-state index in [0.717, 1.165) is 24.4 Å². The van der Waals surface area contributed by atoms with Gasteiger partial charge in [0, 0.05) is 5.56 Å². The molecule has 2 aromatic carbocycles. The Hall–Kier alpha value is -2.00. The molecule has 1 aliphatic rings. The van der Waals surface area contributed by atoms with Gasteiger partial charge in [-0.3, -0.25) is 4.90 Å². The first kappa shape index (κ1) is 14.9. The lowest BCUT2D eigenvalue weighted by molar-refractivity contribution is 0.184. The van der Waals surface area contributed by atoms with Crippen LogP contribution in [-0.2, 0) is 0 Å². The molecule has 0 saturated carbocycles. The Morgan fingerprint density at radius 1 is 1.00 bits per heavy atom. The van der Waals surface area contributed by atoms with Gasteiger partial charge in [0.1, 0.15) is 11.5 Å². The molecule has 0 spiro atoms. The number of piperidine rings is 1. The maximum absolute atomic E-state index is 10.3. The number of ether oxygens (including phenoxy) is 1. The number of para-hydroxylation sites is 1. The molecule has 3 heteroatoms. The van der Waals surface area contributed by atoms with Gasteiger partial charge in [0.25, 0.3) is 0 Å². The van der Waals surface area contributed by atoms with Crippen molar-refractivity contribution in [2.24, 2.45) is 0 Å². The highest BCUT2D eigenvalue weighted by Crippen LogP contribution is 2.36. The fourth-order valence-electron chi connectivity index (χ4n) is 3.29. The van der Waals surface area contributed by atoms with Crippen molar-refractivity contribution in [1.82, 2.24) is 4.90 Å². The van der Waals surface area contributed by atoms with Gasteiger partial charge in [-0.2, -0.15) is 0 Å². The third-order valence-corrected chi connectivity index (χ3v) is 4.40. The lowest BCUT2D eigenvalue weighted by Gasteiger charge is -2.35. The van der Waals surface area contributed by atoms with E-state index in [-0.39, 0.29) is 6.04 Å². The van der Waals surface area contributed by atoms with Crippen LogP contribution in [-0.4, -0.2) is 30.2 Å². The molecule has 1 fully saturated rings. The highest BCUT2D eigenvalue weighted by atomic mass is 16.5. The van der Waals surface area contributed by atoms with Crippen molar-refractivity contribution in [2.45, 2.75) is 25.3 Å². The van der Waals surface area contributed by atoms with Crippen LogP contribution in [0.15, 0.2) is 48.5 Å². The fourth-order valence-corrected chi connectivity index (χ4v) is 3.29. The van der Waals surface area contributed by atoms with Crippen molar-refractivity contribution < 1.29 is 9.84 Å². The first-order chi connectivity index (χ1) is 10.8. The molecule has 1 aliphatic heterocycles. The summed E-state index contributed by atoms with van der Waals surface area (Å²) in [6.07, 6.45) is 3.73. The van der Waals surface area contributed by atoms with E-state index in [9.17, 15) is 5.11 Å². The highest BCUT2D eigenvalue weighted by molar-refractivity contribution is 5.42. The van der Waals surface area contributed by atoms with Gasteiger partial charge < -0.3 is 9.84 Å². The normalized spacial score (nSPS) is 17.1. The standard InChI is InChI=1S/C19H23NO2/c1-22-16-9-7-8-15(14-16)19(20-12-5-2-6-13-20)17-10-3-4-11-18(17)21/h3-4,7-11,14,19,21H,2,5-6,12-13H2,1H3. The number of rotatable bonds is 4. The van der Waals surface area contributed by atoms with Crippen LogP contribution in [0, 0.1) is 0 Å². The van der Waals surface area contributed by atoms with Crippen LogP contribution < -0.4 is 4.74 Å². The second-order valence-electron chi connectivity index (χ2n) is 5.83.